The summed E-state index contributed by atoms with van der Waals surface area (Å²) in [6.07, 6.45) is 1.33. The quantitative estimate of drug-likeness (QED) is 0.645. The summed E-state index contributed by atoms with van der Waals surface area (Å²) in [6, 6.07) is 0. The van der Waals surface area contributed by atoms with Crippen molar-refractivity contribution in [2.75, 3.05) is 0 Å². The van der Waals surface area contributed by atoms with E-state index in [1.54, 1.807) is 0 Å². The van der Waals surface area contributed by atoms with Gasteiger partial charge in [-0.15, -0.1) is 0 Å². The zero-order valence-electron chi connectivity index (χ0n) is 6.01. The zero-order chi connectivity index (χ0) is 9.59. The third kappa shape index (κ3) is 1.14. The Balaban J connectivity index is 2.76. The number of allylic oxidation sites excluding steroid dienone is 1. The molecule has 0 amide bonds. The molecule has 1 aromatic heterocycles. The number of carbonyl (C=O) groups excluding carboxylic acids is 2. The van der Waals surface area contributed by atoms with Gasteiger partial charge in [0.2, 0.25) is 11.6 Å². The molecule has 6 heteroatoms. The lowest BCUT2D eigenvalue weighted by molar-refractivity contribution is -0.111. The van der Waals surface area contributed by atoms with Crippen LogP contribution in [0.15, 0.2) is 11.2 Å². The van der Waals surface area contributed by atoms with Crippen molar-refractivity contribution < 1.29 is 9.59 Å². The molecule has 0 N–H and O–H groups in total. The topological polar surface area (TPSA) is 47.0 Å². The average Bonchev–Trinajstić information content (AvgIpc) is 2.59. The molecule has 0 aliphatic heterocycles. The molecule has 0 fully saturated rings. The summed E-state index contributed by atoms with van der Waals surface area (Å²) in [4.78, 5) is 22.9. The molecule has 0 saturated heterocycles. The summed E-state index contributed by atoms with van der Waals surface area (Å²) in [5.74, 6) is -1.41. The van der Waals surface area contributed by atoms with Gasteiger partial charge in [0.1, 0.15) is 5.03 Å². The Hall–Kier alpha value is -0.710. The number of rotatable bonds is 0. The summed E-state index contributed by atoms with van der Waals surface area (Å²) >= 11 is 12.3. The minimum Gasteiger partial charge on any atom is -0.285 e. The van der Waals surface area contributed by atoms with Gasteiger partial charge in [-0.3, -0.25) is 9.59 Å². The zero-order valence-corrected chi connectivity index (χ0v) is 8.33. The van der Waals surface area contributed by atoms with Crippen LogP contribution in [-0.2, 0) is 4.79 Å². The van der Waals surface area contributed by atoms with E-state index in [4.69, 9.17) is 23.2 Å². The number of halogens is 2. The third-order valence-corrected chi connectivity index (χ3v) is 3.38. The van der Waals surface area contributed by atoms with Crippen molar-refractivity contribution >= 4 is 51.3 Å². The highest BCUT2D eigenvalue weighted by Crippen LogP contribution is 2.36. The first-order valence-corrected chi connectivity index (χ1v) is 4.75. The standard InChI is InChI=1S/C7HCl2NO2S/c8-3-4(9)7-2(1-10-13-7)5(11)6(3)12/h1H. The highest BCUT2D eigenvalue weighted by Gasteiger charge is 2.32. The normalized spacial score (nSPS) is 16.5. The second-order valence-corrected chi connectivity index (χ2v) is 3.91. The van der Waals surface area contributed by atoms with Gasteiger partial charge in [-0.1, -0.05) is 23.2 Å². The molecule has 1 heterocycles. The fourth-order valence-corrected chi connectivity index (χ4v) is 2.20. The lowest BCUT2D eigenvalue weighted by atomic mass is 10.0. The molecule has 0 saturated carbocycles. The van der Waals surface area contributed by atoms with E-state index < -0.39 is 11.6 Å². The number of aromatic nitrogens is 1. The van der Waals surface area contributed by atoms with Gasteiger partial charge >= 0.3 is 0 Å². The van der Waals surface area contributed by atoms with Gasteiger partial charge < -0.3 is 0 Å². The van der Waals surface area contributed by atoms with Crippen molar-refractivity contribution in [3.8, 4) is 0 Å². The van der Waals surface area contributed by atoms with Crippen LogP contribution in [0.1, 0.15) is 15.2 Å². The molecule has 1 aromatic rings. The fraction of sp³-hybridized carbons (Fsp3) is 0. The Morgan fingerprint density at radius 1 is 1.15 bits per heavy atom. The summed E-state index contributed by atoms with van der Waals surface area (Å²) in [5.41, 5.74) is 0.240. The first-order chi connectivity index (χ1) is 6.13. The molecule has 0 radical (unpaired) electrons. The van der Waals surface area contributed by atoms with Gasteiger partial charge in [0.25, 0.3) is 0 Å². The Morgan fingerprint density at radius 2 is 1.85 bits per heavy atom. The van der Waals surface area contributed by atoms with Crippen molar-refractivity contribution in [1.29, 1.82) is 0 Å². The summed E-state index contributed by atoms with van der Waals surface area (Å²) in [5, 5.41) is -0.104. The van der Waals surface area contributed by atoms with Crippen molar-refractivity contribution in [2.24, 2.45) is 0 Å². The van der Waals surface area contributed by atoms with Crippen molar-refractivity contribution in [3.05, 3.63) is 21.7 Å². The molecule has 0 aromatic carbocycles. The Labute approximate surface area is 87.1 Å². The van der Waals surface area contributed by atoms with Crippen molar-refractivity contribution in [3.63, 3.8) is 0 Å². The number of fused-ring (bicyclic) bond motifs is 1. The summed E-state index contributed by atoms with van der Waals surface area (Å²) in [7, 11) is 0. The summed E-state index contributed by atoms with van der Waals surface area (Å²) in [6.45, 7) is 0. The maximum atomic E-state index is 11.3. The number of hydrogen-bond donors (Lipinski definition) is 0. The lowest BCUT2D eigenvalue weighted by Gasteiger charge is -2.07. The first-order valence-electron chi connectivity index (χ1n) is 3.22. The number of Topliss-reactive ketones (excluding diaryl/α,β-unsaturated/α-hetero) is 2. The molecule has 1 aliphatic carbocycles. The molecule has 0 spiro atoms. The third-order valence-electron chi connectivity index (χ3n) is 1.61. The molecule has 1 aliphatic rings. The minimum atomic E-state index is -0.764. The predicted octanol–water partition coefficient (Wildman–Crippen LogP) is 2.05. The molecule has 0 atom stereocenters. The van der Waals surface area contributed by atoms with E-state index in [-0.39, 0.29) is 15.6 Å². The van der Waals surface area contributed by atoms with Gasteiger partial charge in [-0.25, -0.2) is 0 Å². The first kappa shape index (κ1) is 8.87. The molecule has 3 nitrogen and oxygen atoms in total. The predicted molar refractivity (Wildman–Crippen MR) is 50.1 cm³/mol. The van der Waals surface area contributed by atoms with E-state index in [9.17, 15) is 9.59 Å². The van der Waals surface area contributed by atoms with Crippen LogP contribution in [0.5, 0.6) is 0 Å². The van der Waals surface area contributed by atoms with Gasteiger partial charge in [-0.05, 0) is 11.5 Å². The van der Waals surface area contributed by atoms with Crippen molar-refractivity contribution in [2.45, 2.75) is 0 Å². The number of carbonyl (C=O) groups is 2. The lowest BCUT2D eigenvalue weighted by Crippen LogP contribution is -2.19. The van der Waals surface area contributed by atoms with Crippen LogP contribution in [0.25, 0.3) is 5.03 Å². The van der Waals surface area contributed by atoms with E-state index in [1.807, 2.05) is 0 Å². The van der Waals surface area contributed by atoms with E-state index in [0.717, 1.165) is 11.5 Å². The average molecular weight is 234 g/mol. The van der Waals surface area contributed by atoms with Crippen LogP contribution in [0.4, 0.5) is 0 Å². The summed E-state index contributed by atoms with van der Waals surface area (Å²) < 4.78 is 3.76. The van der Waals surface area contributed by atoms with Crippen LogP contribution in [0.3, 0.4) is 0 Å². The van der Waals surface area contributed by atoms with Crippen LogP contribution < -0.4 is 0 Å². The van der Waals surface area contributed by atoms with Crippen LogP contribution in [0, 0.1) is 0 Å². The molecule has 0 bridgehead atoms. The molecular formula is C7HCl2NO2S. The molecular weight excluding hydrogens is 233 g/mol. The van der Waals surface area contributed by atoms with E-state index in [2.05, 4.69) is 4.37 Å². The van der Waals surface area contributed by atoms with Gasteiger partial charge in [0.05, 0.1) is 21.7 Å². The number of nitrogens with zero attached hydrogens (tertiary/aromatic N) is 1. The molecule has 0 unspecified atom stereocenters. The highest BCUT2D eigenvalue weighted by molar-refractivity contribution is 7.09. The number of ketones is 2. The SMILES string of the molecule is O=C1C(=O)c2cnsc2C(Cl)=C1Cl. The minimum absolute atomic E-state index is 0.115. The van der Waals surface area contributed by atoms with E-state index >= 15 is 0 Å². The Morgan fingerprint density at radius 3 is 2.54 bits per heavy atom. The second-order valence-electron chi connectivity index (χ2n) is 2.35. The van der Waals surface area contributed by atoms with Crippen LogP contribution >= 0.6 is 34.7 Å². The van der Waals surface area contributed by atoms with E-state index in [1.165, 1.54) is 6.20 Å². The van der Waals surface area contributed by atoms with Gasteiger partial charge in [0, 0.05) is 0 Å². The van der Waals surface area contributed by atoms with E-state index in [0.29, 0.717) is 4.88 Å². The number of hydrogen-bond acceptors (Lipinski definition) is 4. The molecule has 66 valence electrons. The maximum absolute atomic E-state index is 11.3. The van der Waals surface area contributed by atoms with Crippen molar-refractivity contribution in [1.82, 2.24) is 4.37 Å². The maximum Gasteiger partial charge on any atom is 0.246 e. The van der Waals surface area contributed by atoms with Crippen LogP contribution in [-0.4, -0.2) is 15.9 Å². The smallest absolute Gasteiger partial charge is 0.246 e. The monoisotopic (exact) mass is 233 g/mol. The van der Waals surface area contributed by atoms with Gasteiger partial charge in [-0.2, -0.15) is 4.37 Å². The Kier molecular flexibility index (Phi) is 1.98. The molecule has 2 rings (SSSR count). The highest BCUT2D eigenvalue weighted by atomic mass is 35.5. The molecule has 13 heavy (non-hydrogen) atoms. The van der Waals surface area contributed by atoms with Crippen LogP contribution in [0.2, 0.25) is 0 Å². The fourth-order valence-electron chi connectivity index (χ4n) is 0.981. The van der Waals surface area contributed by atoms with Gasteiger partial charge in [0.15, 0.2) is 0 Å². The second kappa shape index (κ2) is 2.90. The largest absolute Gasteiger partial charge is 0.285 e. The Bertz CT molecular complexity index is 449.